The van der Waals surface area contributed by atoms with E-state index < -0.39 is 6.43 Å². The molecule has 1 nitrogen and oxygen atoms in total. The fourth-order valence-corrected chi connectivity index (χ4v) is 1.74. The van der Waals surface area contributed by atoms with Crippen molar-refractivity contribution in [3.63, 3.8) is 0 Å². The molecule has 0 aromatic heterocycles. The van der Waals surface area contributed by atoms with Gasteiger partial charge in [-0.05, 0) is 23.1 Å². The smallest absolute Gasteiger partial charge is 0.278 e. The van der Waals surface area contributed by atoms with Gasteiger partial charge in [0.05, 0.1) is 5.70 Å². The molecule has 2 rings (SSSR count). The number of alkyl halides is 2. The van der Waals surface area contributed by atoms with Crippen molar-refractivity contribution in [2.45, 2.75) is 12.8 Å². The van der Waals surface area contributed by atoms with E-state index in [0.717, 1.165) is 11.1 Å². The van der Waals surface area contributed by atoms with Gasteiger partial charge in [-0.25, -0.2) is 8.78 Å². The fourth-order valence-electron chi connectivity index (χ4n) is 1.74. The van der Waals surface area contributed by atoms with Crippen LogP contribution in [0, 0.1) is 0 Å². The Bertz CT molecular complexity index is 438. The van der Waals surface area contributed by atoms with Crippen LogP contribution in [-0.2, 0) is 0 Å². The van der Waals surface area contributed by atoms with Crippen LogP contribution in [0.5, 0.6) is 0 Å². The van der Waals surface area contributed by atoms with E-state index in [0.29, 0.717) is 12.0 Å². The van der Waals surface area contributed by atoms with Crippen LogP contribution in [0.15, 0.2) is 36.0 Å². The number of rotatable bonds is 1. The van der Waals surface area contributed by atoms with Crippen LogP contribution in [-0.4, -0.2) is 6.43 Å². The Morgan fingerprint density at radius 2 is 1.94 bits per heavy atom. The van der Waals surface area contributed by atoms with Gasteiger partial charge in [0, 0.05) is 0 Å². The minimum absolute atomic E-state index is 0. The normalized spacial score (nSPS) is 16.7. The maximum absolute atomic E-state index is 12.5. The van der Waals surface area contributed by atoms with Gasteiger partial charge in [0.25, 0.3) is 6.43 Å². The summed E-state index contributed by atoms with van der Waals surface area (Å²) >= 11 is 0. The third kappa shape index (κ3) is 2.25. The number of nitrogens with two attached hydrogens (primary N) is 1. The van der Waals surface area contributed by atoms with E-state index >= 15 is 0 Å². The Morgan fingerprint density at radius 3 is 2.62 bits per heavy atom. The zero-order valence-electron chi connectivity index (χ0n) is 8.49. The predicted octanol–water partition coefficient (Wildman–Crippen LogP) is 3.46. The van der Waals surface area contributed by atoms with Gasteiger partial charge in [0.1, 0.15) is 0 Å². The molecule has 0 unspecified atom stereocenters. The molecule has 4 heteroatoms. The molecule has 0 spiro atoms. The van der Waals surface area contributed by atoms with Crippen LogP contribution in [0.25, 0.3) is 11.6 Å². The second-order valence-corrected chi connectivity index (χ2v) is 3.43. The van der Waals surface area contributed by atoms with Gasteiger partial charge in [-0.15, -0.1) is 12.4 Å². The van der Waals surface area contributed by atoms with E-state index in [4.69, 9.17) is 5.73 Å². The first-order valence-electron chi connectivity index (χ1n) is 4.72. The first kappa shape index (κ1) is 12.7. The van der Waals surface area contributed by atoms with Crippen LogP contribution in [0.2, 0.25) is 0 Å². The number of benzene rings is 1. The molecule has 0 saturated carbocycles. The number of allylic oxidation sites excluding steroid dienone is 3. The van der Waals surface area contributed by atoms with Gasteiger partial charge in [0.15, 0.2) is 0 Å². The zero-order chi connectivity index (χ0) is 10.8. The van der Waals surface area contributed by atoms with Crippen LogP contribution < -0.4 is 5.73 Å². The minimum Gasteiger partial charge on any atom is -0.397 e. The van der Waals surface area contributed by atoms with Gasteiger partial charge < -0.3 is 5.73 Å². The third-order valence-corrected chi connectivity index (χ3v) is 2.49. The number of fused-ring (bicyclic) bond motifs is 1. The Labute approximate surface area is 99.1 Å². The quantitative estimate of drug-likeness (QED) is 0.803. The maximum atomic E-state index is 12.5. The van der Waals surface area contributed by atoms with E-state index in [1.54, 1.807) is 0 Å². The highest BCUT2D eigenvalue weighted by Crippen LogP contribution is 2.31. The van der Waals surface area contributed by atoms with Crippen molar-refractivity contribution in [1.29, 1.82) is 0 Å². The van der Waals surface area contributed by atoms with Gasteiger partial charge in [-0.2, -0.15) is 0 Å². The molecule has 1 aromatic carbocycles. The SMILES string of the molecule is Cl.NC(=C1CC=Cc2ccccc21)C(F)F. The van der Waals surface area contributed by atoms with Gasteiger partial charge >= 0.3 is 0 Å². The van der Waals surface area contributed by atoms with Crippen molar-refractivity contribution in [3.05, 3.63) is 47.2 Å². The van der Waals surface area contributed by atoms with Crippen molar-refractivity contribution in [2.24, 2.45) is 5.73 Å². The zero-order valence-corrected chi connectivity index (χ0v) is 9.31. The molecule has 0 atom stereocenters. The summed E-state index contributed by atoms with van der Waals surface area (Å²) < 4.78 is 25.0. The second kappa shape index (κ2) is 5.12. The molecule has 0 bridgehead atoms. The molecule has 1 aliphatic rings. The highest BCUT2D eigenvalue weighted by molar-refractivity contribution is 5.85. The lowest BCUT2D eigenvalue weighted by Gasteiger charge is -2.16. The third-order valence-electron chi connectivity index (χ3n) is 2.49. The molecule has 86 valence electrons. The summed E-state index contributed by atoms with van der Waals surface area (Å²) in [6.07, 6.45) is 1.68. The fraction of sp³-hybridized carbons (Fsp3) is 0.167. The highest BCUT2D eigenvalue weighted by atomic mass is 35.5. The maximum Gasteiger partial charge on any atom is 0.278 e. The van der Waals surface area contributed by atoms with E-state index in [2.05, 4.69) is 0 Å². The summed E-state index contributed by atoms with van der Waals surface area (Å²) in [5.41, 5.74) is 7.40. The number of hydrogen-bond acceptors (Lipinski definition) is 1. The topological polar surface area (TPSA) is 26.0 Å². The first-order chi connectivity index (χ1) is 7.20. The predicted molar refractivity (Wildman–Crippen MR) is 64.5 cm³/mol. The van der Waals surface area contributed by atoms with Crippen LogP contribution in [0.1, 0.15) is 17.5 Å². The van der Waals surface area contributed by atoms with E-state index in [1.165, 1.54) is 0 Å². The molecule has 1 aromatic rings. The van der Waals surface area contributed by atoms with Gasteiger partial charge in [-0.3, -0.25) is 0 Å². The average molecular weight is 244 g/mol. The molecule has 0 amide bonds. The van der Waals surface area contributed by atoms with Crippen molar-refractivity contribution >= 4 is 24.1 Å². The molecule has 16 heavy (non-hydrogen) atoms. The van der Waals surface area contributed by atoms with E-state index in [-0.39, 0.29) is 18.1 Å². The summed E-state index contributed by atoms with van der Waals surface area (Å²) in [6.45, 7) is 0. The Kier molecular flexibility index (Phi) is 4.07. The van der Waals surface area contributed by atoms with Crippen LogP contribution in [0.3, 0.4) is 0 Å². The molecular formula is C12H12ClF2N. The molecule has 0 fully saturated rings. The number of hydrogen-bond donors (Lipinski definition) is 1. The van der Waals surface area contributed by atoms with Gasteiger partial charge in [0.2, 0.25) is 0 Å². The summed E-state index contributed by atoms with van der Waals surface area (Å²) in [7, 11) is 0. The lowest BCUT2D eigenvalue weighted by molar-refractivity contribution is 0.188. The molecule has 0 aliphatic heterocycles. The van der Waals surface area contributed by atoms with Crippen LogP contribution in [0.4, 0.5) is 8.78 Å². The Hall–Kier alpha value is -1.35. The van der Waals surface area contributed by atoms with Crippen molar-refractivity contribution < 1.29 is 8.78 Å². The molecular weight excluding hydrogens is 232 g/mol. The number of halogens is 3. The molecule has 1 aliphatic carbocycles. The van der Waals surface area contributed by atoms with E-state index in [1.807, 2.05) is 36.4 Å². The van der Waals surface area contributed by atoms with Crippen LogP contribution >= 0.6 is 12.4 Å². The standard InChI is InChI=1S/C12H11F2N.ClH/c13-12(14)11(15)10-7-3-5-8-4-1-2-6-9(8)10;/h1-6,12H,7,15H2;1H. The summed E-state index contributed by atoms with van der Waals surface area (Å²) in [4.78, 5) is 0. The lowest BCUT2D eigenvalue weighted by Crippen LogP contribution is -2.12. The largest absolute Gasteiger partial charge is 0.397 e. The second-order valence-electron chi connectivity index (χ2n) is 3.43. The highest BCUT2D eigenvalue weighted by Gasteiger charge is 2.17. The van der Waals surface area contributed by atoms with Gasteiger partial charge in [-0.1, -0.05) is 36.4 Å². The molecule has 0 radical (unpaired) electrons. The molecule has 2 N–H and O–H groups in total. The molecule has 0 saturated heterocycles. The molecule has 0 heterocycles. The monoisotopic (exact) mass is 243 g/mol. The summed E-state index contributed by atoms with van der Waals surface area (Å²) in [6, 6.07) is 7.43. The first-order valence-corrected chi connectivity index (χ1v) is 4.72. The van der Waals surface area contributed by atoms with Crippen molar-refractivity contribution in [2.75, 3.05) is 0 Å². The lowest BCUT2D eigenvalue weighted by atomic mass is 9.91. The average Bonchev–Trinajstić information content (AvgIpc) is 2.27. The summed E-state index contributed by atoms with van der Waals surface area (Å²) in [5, 5.41) is 0. The Balaban J connectivity index is 0.00000128. The Morgan fingerprint density at radius 1 is 1.25 bits per heavy atom. The minimum atomic E-state index is -2.58. The van der Waals surface area contributed by atoms with Crippen molar-refractivity contribution in [3.8, 4) is 0 Å². The van der Waals surface area contributed by atoms with Crippen molar-refractivity contribution in [1.82, 2.24) is 0 Å². The summed E-state index contributed by atoms with van der Waals surface area (Å²) in [5.74, 6) is 0. The van der Waals surface area contributed by atoms with E-state index in [9.17, 15) is 8.78 Å².